The molecule has 21 heavy (non-hydrogen) atoms. The van der Waals surface area contributed by atoms with Gasteiger partial charge in [0.2, 0.25) is 0 Å². The van der Waals surface area contributed by atoms with Gasteiger partial charge in [0.1, 0.15) is 5.15 Å². The molecule has 0 unspecified atom stereocenters. The number of nitrogens with zero attached hydrogens (tertiary/aromatic N) is 2. The molecule has 0 spiro atoms. The van der Waals surface area contributed by atoms with Crippen molar-refractivity contribution < 1.29 is 9.47 Å². The summed E-state index contributed by atoms with van der Waals surface area (Å²) in [5.41, 5.74) is 2.06. The Morgan fingerprint density at radius 3 is 2.76 bits per heavy atom. The van der Waals surface area contributed by atoms with Crippen LogP contribution >= 0.6 is 23.4 Å². The molecule has 0 amide bonds. The van der Waals surface area contributed by atoms with Crippen LogP contribution in [0.15, 0.2) is 23.1 Å². The van der Waals surface area contributed by atoms with Crippen LogP contribution in [0, 0.1) is 6.92 Å². The first-order chi connectivity index (χ1) is 10.1. The van der Waals surface area contributed by atoms with Gasteiger partial charge in [0.05, 0.1) is 18.9 Å². The molecule has 112 valence electrons. The number of fused-ring (bicyclic) bond motifs is 1. The molecule has 1 aliphatic rings. The number of thioether (sulfide) groups is 1. The summed E-state index contributed by atoms with van der Waals surface area (Å²) >= 11 is 7.98. The molecule has 1 aromatic carbocycles. The normalized spacial score (nSPS) is 14.0. The van der Waals surface area contributed by atoms with Crippen molar-refractivity contribution in [2.75, 3.05) is 13.2 Å². The lowest BCUT2D eigenvalue weighted by Crippen LogP contribution is -1.97. The van der Waals surface area contributed by atoms with Gasteiger partial charge in [-0.25, -0.2) is 0 Å². The van der Waals surface area contributed by atoms with Gasteiger partial charge in [0, 0.05) is 29.7 Å². The van der Waals surface area contributed by atoms with E-state index < -0.39 is 0 Å². The second kappa shape index (κ2) is 6.20. The summed E-state index contributed by atoms with van der Waals surface area (Å²) in [6.07, 6.45) is 0.918. The molecule has 1 aromatic heterocycles. The van der Waals surface area contributed by atoms with Crippen molar-refractivity contribution >= 4 is 23.4 Å². The first-order valence-electron chi connectivity index (χ1n) is 6.85. The number of aryl methyl sites for hydroxylation is 2. The number of hydrogen-bond donors (Lipinski definition) is 0. The lowest BCUT2D eigenvalue weighted by molar-refractivity contribution is 0.297. The Kier molecular flexibility index (Phi) is 4.31. The van der Waals surface area contributed by atoms with E-state index in [4.69, 9.17) is 21.1 Å². The molecule has 0 radical (unpaired) electrons. The minimum absolute atomic E-state index is 0.703. The summed E-state index contributed by atoms with van der Waals surface area (Å²) in [6.45, 7) is 3.40. The Balaban J connectivity index is 1.75. The molecule has 0 bridgehead atoms. The zero-order chi connectivity index (χ0) is 14.8. The number of benzene rings is 1. The second-order valence-corrected chi connectivity index (χ2v) is 6.33. The third-order valence-electron chi connectivity index (χ3n) is 3.37. The van der Waals surface area contributed by atoms with Crippen molar-refractivity contribution in [1.29, 1.82) is 0 Å². The molecule has 2 aromatic rings. The highest BCUT2D eigenvalue weighted by Gasteiger charge is 2.14. The van der Waals surface area contributed by atoms with Gasteiger partial charge in [-0.3, -0.25) is 4.68 Å². The van der Waals surface area contributed by atoms with Gasteiger partial charge in [-0.2, -0.15) is 5.10 Å². The lowest BCUT2D eigenvalue weighted by Gasteiger charge is -2.09. The van der Waals surface area contributed by atoms with Crippen LogP contribution in [0.1, 0.15) is 17.7 Å². The van der Waals surface area contributed by atoms with Crippen molar-refractivity contribution in [3.05, 3.63) is 34.6 Å². The maximum absolute atomic E-state index is 6.26. The van der Waals surface area contributed by atoms with Gasteiger partial charge < -0.3 is 9.47 Å². The molecule has 0 fully saturated rings. The van der Waals surface area contributed by atoms with Crippen molar-refractivity contribution in [1.82, 2.24) is 9.78 Å². The Hall–Kier alpha value is -1.33. The average Bonchev–Trinajstić information content (AvgIpc) is 2.66. The van der Waals surface area contributed by atoms with Crippen LogP contribution < -0.4 is 9.47 Å². The Labute approximate surface area is 133 Å². The molecule has 0 N–H and O–H groups in total. The zero-order valence-electron chi connectivity index (χ0n) is 12.1. The summed E-state index contributed by atoms with van der Waals surface area (Å²) in [5.74, 6) is 2.44. The highest BCUT2D eigenvalue weighted by Crippen LogP contribution is 2.36. The fraction of sp³-hybridized carbons (Fsp3) is 0.400. The number of hydrogen-bond acceptors (Lipinski definition) is 4. The highest BCUT2D eigenvalue weighted by atomic mass is 35.5. The molecule has 0 aliphatic carbocycles. The molecule has 3 rings (SSSR count). The highest BCUT2D eigenvalue weighted by molar-refractivity contribution is 7.98. The van der Waals surface area contributed by atoms with E-state index >= 15 is 0 Å². The predicted octanol–water partition coefficient (Wildman–Crippen LogP) is 3.84. The number of halogens is 1. The second-order valence-electron chi connectivity index (χ2n) is 4.93. The van der Waals surface area contributed by atoms with Crippen molar-refractivity contribution in [3.63, 3.8) is 0 Å². The first kappa shape index (κ1) is 14.6. The monoisotopic (exact) mass is 324 g/mol. The maximum Gasteiger partial charge on any atom is 0.162 e. The van der Waals surface area contributed by atoms with E-state index in [1.807, 2.05) is 26.1 Å². The molecule has 6 heteroatoms. The van der Waals surface area contributed by atoms with E-state index in [2.05, 4.69) is 11.2 Å². The summed E-state index contributed by atoms with van der Waals surface area (Å²) in [5, 5.41) is 5.04. The topological polar surface area (TPSA) is 36.3 Å². The molecule has 0 saturated carbocycles. The maximum atomic E-state index is 6.26. The molecule has 1 aliphatic heterocycles. The Bertz CT molecular complexity index is 657. The summed E-state index contributed by atoms with van der Waals surface area (Å²) in [7, 11) is 1.86. The summed E-state index contributed by atoms with van der Waals surface area (Å²) < 4.78 is 13.1. The average molecular weight is 325 g/mol. The fourth-order valence-corrected chi connectivity index (χ4v) is 3.56. The molecular formula is C15H17ClN2O2S. The van der Waals surface area contributed by atoms with Gasteiger partial charge in [-0.1, -0.05) is 11.6 Å². The van der Waals surface area contributed by atoms with E-state index in [0.717, 1.165) is 39.8 Å². The number of aromatic nitrogens is 2. The van der Waals surface area contributed by atoms with E-state index in [1.54, 1.807) is 16.4 Å². The number of ether oxygens (including phenoxy) is 2. The van der Waals surface area contributed by atoms with Crippen LogP contribution in [-0.4, -0.2) is 23.0 Å². The van der Waals surface area contributed by atoms with Gasteiger partial charge in [0.15, 0.2) is 11.5 Å². The van der Waals surface area contributed by atoms with E-state index in [0.29, 0.717) is 18.4 Å². The number of rotatable bonds is 3. The van der Waals surface area contributed by atoms with Gasteiger partial charge >= 0.3 is 0 Å². The van der Waals surface area contributed by atoms with Gasteiger partial charge in [0.25, 0.3) is 0 Å². The standard InChI is InChI=1S/C15H17ClN2O2S/c1-10-12(15(16)18(2)17-10)9-21-11-4-5-13-14(8-11)20-7-3-6-19-13/h4-5,8H,3,6-7,9H2,1-2H3. The van der Waals surface area contributed by atoms with Crippen LogP contribution in [0.2, 0.25) is 5.15 Å². The van der Waals surface area contributed by atoms with E-state index in [1.165, 1.54) is 0 Å². The Morgan fingerprint density at radius 1 is 1.29 bits per heavy atom. The molecular weight excluding hydrogens is 308 g/mol. The third kappa shape index (κ3) is 3.14. The van der Waals surface area contributed by atoms with Crippen LogP contribution in [0.4, 0.5) is 0 Å². The Morgan fingerprint density at radius 2 is 2.05 bits per heavy atom. The lowest BCUT2D eigenvalue weighted by atomic mass is 10.3. The summed E-state index contributed by atoms with van der Waals surface area (Å²) in [6, 6.07) is 6.06. The van der Waals surface area contributed by atoms with E-state index in [9.17, 15) is 0 Å². The zero-order valence-corrected chi connectivity index (χ0v) is 13.6. The largest absolute Gasteiger partial charge is 0.490 e. The SMILES string of the molecule is Cc1nn(C)c(Cl)c1CSc1ccc2c(c1)OCCCO2. The van der Waals surface area contributed by atoms with E-state index in [-0.39, 0.29) is 0 Å². The predicted molar refractivity (Wildman–Crippen MR) is 84.6 cm³/mol. The minimum atomic E-state index is 0.703. The summed E-state index contributed by atoms with van der Waals surface area (Å²) in [4.78, 5) is 1.14. The fourth-order valence-electron chi connectivity index (χ4n) is 2.23. The molecule has 0 saturated heterocycles. The van der Waals surface area contributed by atoms with Crippen LogP contribution in [-0.2, 0) is 12.8 Å². The van der Waals surface area contributed by atoms with Crippen LogP contribution in [0.3, 0.4) is 0 Å². The van der Waals surface area contributed by atoms with Crippen LogP contribution in [0.25, 0.3) is 0 Å². The smallest absolute Gasteiger partial charge is 0.162 e. The van der Waals surface area contributed by atoms with Crippen molar-refractivity contribution in [2.24, 2.45) is 7.05 Å². The first-order valence-corrected chi connectivity index (χ1v) is 8.22. The van der Waals surface area contributed by atoms with Gasteiger partial charge in [-0.15, -0.1) is 11.8 Å². The minimum Gasteiger partial charge on any atom is -0.490 e. The van der Waals surface area contributed by atoms with Gasteiger partial charge in [-0.05, 0) is 25.1 Å². The molecule has 2 heterocycles. The molecule has 0 atom stereocenters. The van der Waals surface area contributed by atoms with Crippen molar-refractivity contribution in [3.8, 4) is 11.5 Å². The third-order valence-corrected chi connectivity index (χ3v) is 4.87. The quantitative estimate of drug-likeness (QED) is 0.804. The van der Waals surface area contributed by atoms with Crippen LogP contribution in [0.5, 0.6) is 11.5 Å². The van der Waals surface area contributed by atoms with Crippen molar-refractivity contribution in [2.45, 2.75) is 24.0 Å². The molecule has 4 nitrogen and oxygen atoms in total.